The minimum Gasteiger partial charge on any atom is -0.469 e. The predicted octanol–water partition coefficient (Wildman–Crippen LogP) is 2.40. The van der Waals surface area contributed by atoms with E-state index in [1.54, 1.807) is 18.2 Å². The lowest BCUT2D eigenvalue weighted by atomic mass is 10.2. The number of esters is 1. The molecule has 0 aliphatic carbocycles. The van der Waals surface area contributed by atoms with E-state index in [1.165, 1.54) is 7.11 Å². The standard InChI is InChI=1S/C11H11BrClNO3/c1-17-10(15)4-5-14-11(16)8-3-2-7(12)6-9(8)13/h2-3,6H,4-5H2,1H3,(H,14,16). The van der Waals surface area contributed by atoms with Crippen LogP contribution in [0.25, 0.3) is 0 Å². The van der Waals surface area contributed by atoms with Crippen molar-refractivity contribution in [2.24, 2.45) is 0 Å². The number of methoxy groups -OCH3 is 1. The summed E-state index contributed by atoms with van der Waals surface area (Å²) in [6.07, 6.45) is 0.135. The second-order valence-electron chi connectivity index (χ2n) is 3.21. The Hall–Kier alpha value is -1.07. The first-order valence-corrected chi connectivity index (χ1v) is 6.01. The number of halogens is 2. The molecule has 1 rings (SSSR count). The summed E-state index contributed by atoms with van der Waals surface area (Å²) in [7, 11) is 1.30. The number of carbonyl (C=O) groups excluding carboxylic acids is 2. The van der Waals surface area contributed by atoms with Crippen molar-refractivity contribution in [2.75, 3.05) is 13.7 Å². The smallest absolute Gasteiger partial charge is 0.307 e. The number of hydrogen-bond acceptors (Lipinski definition) is 3. The van der Waals surface area contributed by atoms with Gasteiger partial charge >= 0.3 is 5.97 Å². The van der Waals surface area contributed by atoms with Gasteiger partial charge in [0.2, 0.25) is 0 Å². The normalized spacial score (nSPS) is 9.82. The number of amides is 1. The first-order valence-electron chi connectivity index (χ1n) is 4.84. The molecule has 0 aliphatic heterocycles. The van der Waals surface area contributed by atoms with Crippen LogP contribution in [0, 0.1) is 0 Å². The molecule has 1 N–H and O–H groups in total. The topological polar surface area (TPSA) is 55.4 Å². The average Bonchev–Trinajstić information content (AvgIpc) is 2.28. The number of carbonyl (C=O) groups is 2. The third kappa shape index (κ3) is 4.36. The molecule has 0 saturated heterocycles. The van der Waals surface area contributed by atoms with E-state index in [2.05, 4.69) is 26.0 Å². The highest BCUT2D eigenvalue weighted by Gasteiger charge is 2.10. The molecule has 0 aliphatic rings. The lowest BCUT2D eigenvalue weighted by Gasteiger charge is -2.06. The highest BCUT2D eigenvalue weighted by Crippen LogP contribution is 2.21. The molecule has 0 heterocycles. The molecule has 0 aromatic heterocycles. The summed E-state index contributed by atoms with van der Waals surface area (Å²) in [4.78, 5) is 22.5. The number of rotatable bonds is 4. The molecule has 4 nitrogen and oxygen atoms in total. The fraction of sp³-hybridized carbons (Fsp3) is 0.273. The SMILES string of the molecule is COC(=O)CCNC(=O)c1ccc(Br)cc1Cl. The van der Waals surface area contributed by atoms with Crippen LogP contribution in [0.4, 0.5) is 0 Å². The molecular weight excluding hydrogens is 309 g/mol. The van der Waals surface area contributed by atoms with Gasteiger partial charge in [-0.15, -0.1) is 0 Å². The van der Waals surface area contributed by atoms with Gasteiger partial charge in [0.1, 0.15) is 0 Å². The summed E-state index contributed by atoms with van der Waals surface area (Å²) in [5.41, 5.74) is 0.375. The number of hydrogen-bond donors (Lipinski definition) is 1. The molecule has 17 heavy (non-hydrogen) atoms. The van der Waals surface area contributed by atoms with Crippen LogP contribution in [0.2, 0.25) is 5.02 Å². The molecule has 92 valence electrons. The molecule has 0 saturated carbocycles. The van der Waals surface area contributed by atoms with E-state index in [1.807, 2.05) is 0 Å². The van der Waals surface area contributed by atoms with E-state index in [4.69, 9.17) is 11.6 Å². The van der Waals surface area contributed by atoms with E-state index in [-0.39, 0.29) is 24.8 Å². The van der Waals surface area contributed by atoms with Gasteiger partial charge in [-0.1, -0.05) is 27.5 Å². The van der Waals surface area contributed by atoms with E-state index in [9.17, 15) is 9.59 Å². The second kappa shape index (κ2) is 6.61. The summed E-state index contributed by atoms with van der Waals surface area (Å²) < 4.78 is 5.25. The highest BCUT2D eigenvalue weighted by molar-refractivity contribution is 9.10. The van der Waals surface area contributed by atoms with Crippen LogP contribution in [0.3, 0.4) is 0 Å². The first-order chi connectivity index (χ1) is 8.04. The van der Waals surface area contributed by atoms with Gasteiger partial charge in [0, 0.05) is 11.0 Å². The summed E-state index contributed by atoms with van der Waals surface area (Å²) in [6.45, 7) is 0.220. The quantitative estimate of drug-likeness (QED) is 0.867. The Labute approximate surface area is 112 Å². The Balaban J connectivity index is 2.55. The van der Waals surface area contributed by atoms with Gasteiger partial charge in [0.15, 0.2) is 0 Å². The highest BCUT2D eigenvalue weighted by atomic mass is 79.9. The fourth-order valence-corrected chi connectivity index (χ4v) is 1.91. The summed E-state index contributed by atoms with van der Waals surface area (Å²) >= 11 is 9.16. The van der Waals surface area contributed by atoms with Crippen LogP contribution < -0.4 is 5.32 Å². The van der Waals surface area contributed by atoms with Crippen LogP contribution in [0.5, 0.6) is 0 Å². The van der Waals surface area contributed by atoms with Crippen molar-refractivity contribution in [3.05, 3.63) is 33.3 Å². The molecule has 1 amide bonds. The summed E-state index contributed by atoms with van der Waals surface area (Å²) in [5, 5.41) is 2.94. The zero-order valence-corrected chi connectivity index (χ0v) is 11.5. The Bertz CT molecular complexity index is 437. The number of benzene rings is 1. The fourth-order valence-electron chi connectivity index (χ4n) is 1.15. The zero-order valence-electron chi connectivity index (χ0n) is 9.13. The van der Waals surface area contributed by atoms with Gasteiger partial charge in [-0.25, -0.2) is 0 Å². The third-order valence-electron chi connectivity index (χ3n) is 2.02. The average molecular weight is 321 g/mol. The molecular formula is C11H11BrClNO3. The van der Waals surface area contributed by atoms with Crippen LogP contribution in [0.1, 0.15) is 16.8 Å². The van der Waals surface area contributed by atoms with Crippen molar-refractivity contribution in [2.45, 2.75) is 6.42 Å². The van der Waals surface area contributed by atoms with Crippen LogP contribution >= 0.6 is 27.5 Å². The monoisotopic (exact) mass is 319 g/mol. The lowest BCUT2D eigenvalue weighted by molar-refractivity contribution is -0.140. The van der Waals surface area contributed by atoms with Crippen LogP contribution in [-0.2, 0) is 9.53 Å². The summed E-state index contributed by atoms with van der Waals surface area (Å²) in [6, 6.07) is 4.97. The van der Waals surface area contributed by atoms with Crippen molar-refractivity contribution < 1.29 is 14.3 Å². The van der Waals surface area contributed by atoms with E-state index >= 15 is 0 Å². The first kappa shape index (κ1) is 14.0. The maximum absolute atomic E-state index is 11.7. The van der Waals surface area contributed by atoms with Crippen LogP contribution in [-0.4, -0.2) is 25.5 Å². The van der Waals surface area contributed by atoms with Crippen molar-refractivity contribution >= 4 is 39.4 Å². The van der Waals surface area contributed by atoms with Gasteiger partial charge in [-0.2, -0.15) is 0 Å². The van der Waals surface area contributed by atoms with Crippen molar-refractivity contribution in [1.82, 2.24) is 5.32 Å². The molecule has 0 atom stereocenters. The minimum absolute atomic E-state index is 0.135. The predicted molar refractivity (Wildman–Crippen MR) is 68.1 cm³/mol. The van der Waals surface area contributed by atoms with Gasteiger partial charge in [0.25, 0.3) is 5.91 Å². The minimum atomic E-state index is -0.368. The van der Waals surface area contributed by atoms with Crippen molar-refractivity contribution in [3.63, 3.8) is 0 Å². The van der Waals surface area contributed by atoms with E-state index < -0.39 is 0 Å². The molecule has 1 aromatic rings. The Morgan fingerprint density at radius 2 is 2.18 bits per heavy atom. The second-order valence-corrected chi connectivity index (χ2v) is 4.53. The molecule has 0 radical (unpaired) electrons. The molecule has 1 aromatic carbocycles. The van der Waals surface area contributed by atoms with Crippen LogP contribution in [0.15, 0.2) is 22.7 Å². The largest absolute Gasteiger partial charge is 0.469 e. The maximum atomic E-state index is 11.7. The Morgan fingerprint density at radius 1 is 1.47 bits per heavy atom. The van der Waals surface area contributed by atoms with Gasteiger partial charge in [0.05, 0.1) is 24.1 Å². The van der Waals surface area contributed by atoms with E-state index in [0.717, 1.165) is 4.47 Å². The molecule has 0 fully saturated rings. The number of nitrogens with one attached hydrogen (secondary N) is 1. The van der Waals surface area contributed by atoms with Gasteiger partial charge in [-0.05, 0) is 18.2 Å². The Morgan fingerprint density at radius 3 is 2.76 bits per heavy atom. The van der Waals surface area contributed by atoms with Gasteiger partial charge < -0.3 is 10.1 Å². The maximum Gasteiger partial charge on any atom is 0.307 e. The summed E-state index contributed by atoms with van der Waals surface area (Å²) in [5.74, 6) is -0.682. The third-order valence-corrected chi connectivity index (χ3v) is 2.82. The molecule has 0 spiro atoms. The number of ether oxygens (including phenoxy) is 1. The Kier molecular flexibility index (Phi) is 5.44. The molecule has 6 heteroatoms. The molecule has 0 bridgehead atoms. The van der Waals surface area contributed by atoms with Crippen molar-refractivity contribution in [1.29, 1.82) is 0 Å². The zero-order chi connectivity index (χ0) is 12.8. The molecule has 0 unspecified atom stereocenters. The van der Waals surface area contributed by atoms with Gasteiger partial charge in [-0.3, -0.25) is 9.59 Å². The van der Waals surface area contributed by atoms with E-state index in [0.29, 0.717) is 10.6 Å². The van der Waals surface area contributed by atoms with Crippen molar-refractivity contribution in [3.8, 4) is 0 Å². The lowest BCUT2D eigenvalue weighted by Crippen LogP contribution is -2.26.